The van der Waals surface area contributed by atoms with Gasteiger partial charge in [-0.05, 0) is 34.7 Å². The summed E-state index contributed by atoms with van der Waals surface area (Å²) in [5, 5.41) is 1.11. The second-order valence-electron chi connectivity index (χ2n) is 5.70. The molecule has 0 atom stereocenters. The average molecular weight is 434 g/mol. The maximum atomic E-state index is 4.93. The second kappa shape index (κ2) is 7.15. The van der Waals surface area contributed by atoms with Gasteiger partial charge in [0.15, 0.2) is 0 Å². The third-order valence-electron chi connectivity index (χ3n) is 3.98. The van der Waals surface area contributed by atoms with Crippen molar-refractivity contribution in [3.63, 3.8) is 0 Å². The second-order valence-corrected chi connectivity index (χ2v) is 6.86. The number of hydrogen-bond donors (Lipinski definition) is 0. The number of aromatic nitrogens is 1. The first-order valence-corrected chi connectivity index (χ1v) is 9.13. The van der Waals surface area contributed by atoms with E-state index < -0.39 is 0 Å². The van der Waals surface area contributed by atoms with Crippen LogP contribution in [-0.2, 0) is 0 Å². The molecule has 0 aliphatic rings. The number of halogens is 1. The molecule has 0 spiro atoms. The largest absolute Gasteiger partial charge is 0.253 e. The molecule has 1 aromatic heterocycles. The van der Waals surface area contributed by atoms with Crippen molar-refractivity contribution in [3.05, 3.63) is 106 Å². The van der Waals surface area contributed by atoms with Crippen LogP contribution in [0.3, 0.4) is 0 Å². The van der Waals surface area contributed by atoms with Gasteiger partial charge < -0.3 is 0 Å². The molecule has 0 unspecified atom stereocenters. The Morgan fingerprint density at radius 3 is 2.04 bits per heavy atom. The molecule has 0 N–H and O–H groups in total. The molecule has 2 nitrogen and oxygen atoms in total. The lowest BCUT2D eigenvalue weighted by molar-refractivity contribution is 1.36. The van der Waals surface area contributed by atoms with Gasteiger partial charge in [-0.1, -0.05) is 72.8 Å². The molecule has 0 amide bonds. The summed E-state index contributed by atoms with van der Waals surface area (Å²) in [4.78, 5) is 9.54. The number of para-hydroxylation sites is 1. The third kappa shape index (κ3) is 3.46. The van der Waals surface area contributed by atoms with E-state index in [4.69, 9.17) is 4.99 Å². The molecule has 0 saturated heterocycles. The maximum absolute atomic E-state index is 4.93. The van der Waals surface area contributed by atoms with E-state index in [1.807, 2.05) is 42.6 Å². The Morgan fingerprint density at radius 2 is 1.40 bits per heavy atom. The molecule has 4 rings (SSSR count). The van der Waals surface area contributed by atoms with E-state index >= 15 is 0 Å². The van der Waals surface area contributed by atoms with Gasteiger partial charge in [-0.25, -0.2) is 4.99 Å². The lowest BCUT2D eigenvalue weighted by Crippen LogP contribution is -2.02. The van der Waals surface area contributed by atoms with Crippen molar-refractivity contribution >= 4 is 44.9 Å². The van der Waals surface area contributed by atoms with Crippen molar-refractivity contribution in [1.29, 1.82) is 0 Å². The summed E-state index contributed by atoms with van der Waals surface area (Å²) in [6, 6.07) is 28.8. The smallest absolute Gasteiger partial charge is 0.0836 e. The molecule has 0 bridgehead atoms. The highest BCUT2D eigenvalue weighted by atomic mass is 127. The predicted octanol–water partition coefficient (Wildman–Crippen LogP) is 6.01. The Balaban J connectivity index is 1.87. The van der Waals surface area contributed by atoms with Gasteiger partial charge in [0, 0.05) is 20.1 Å². The van der Waals surface area contributed by atoms with E-state index in [9.17, 15) is 0 Å². The fourth-order valence-corrected chi connectivity index (χ4v) is 3.45. The van der Waals surface area contributed by atoms with Crippen molar-refractivity contribution < 1.29 is 0 Å². The van der Waals surface area contributed by atoms with Gasteiger partial charge in [0.05, 0.1) is 23.1 Å². The minimum Gasteiger partial charge on any atom is -0.253 e. The van der Waals surface area contributed by atoms with Crippen LogP contribution in [0.1, 0.15) is 11.1 Å². The number of benzene rings is 3. The van der Waals surface area contributed by atoms with Crippen LogP contribution < -0.4 is 0 Å². The van der Waals surface area contributed by atoms with Gasteiger partial charge in [0.1, 0.15) is 0 Å². The summed E-state index contributed by atoms with van der Waals surface area (Å²) in [6.45, 7) is 0. The Kier molecular flexibility index (Phi) is 4.57. The normalized spacial score (nSPS) is 10.6. The minimum atomic E-state index is 0.859. The van der Waals surface area contributed by atoms with Crippen LogP contribution in [0.5, 0.6) is 0 Å². The molecular formula is C22H15IN2. The summed E-state index contributed by atoms with van der Waals surface area (Å²) < 4.78 is 1.15. The first kappa shape index (κ1) is 16.0. The predicted molar refractivity (Wildman–Crippen MR) is 113 cm³/mol. The van der Waals surface area contributed by atoms with E-state index in [-0.39, 0.29) is 0 Å². The van der Waals surface area contributed by atoms with Gasteiger partial charge in [0.2, 0.25) is 0 Å². The lowest BCUT2D eigenvalue weighted by atomic mass is 10.0. The molecular weight excluding hydrogens is 419 g/mol. The molecule has 0 aliphatic heterocycles. The van der Waals surface area contributed by atoms with Crippen LogP contribution in [-0.4, -0.2) is 10.7 Å². The van der Waals surface area contributed by atoms with E-state index in [1.54, 1.807) is 0 Å². The van der Waals surface area contributed by atoms with Crippen molar-refractivity contribution in [1.82, 2.24) is 4.98 Å². The Labute approximate surface area is 160 Å². The Bertz CT molecular complexity index is 1000. The van der Waals surface area contributed by atoms with Crippen LogP contribution >= 0.6 is 22.6 Å². The highest BCUT2D eigenvalue weighted by Crippen LogP contribution is 2.24. The molecule has 0 fully saturated rings. The first-order chi connectivity index (χ1) is 12.3. The summed E-state index contributed by atoms with van der Waals surface area (Å²) in [5.74, 6) is 0. The van der Waals surface area contributed by atoms with Gasteiger partial charge in [0.25, 0.3) is 0 Å². The highest BCUT2D eigenvalue weighted by molar-refractivity contribution is 14.1. The van der Waals surface area contributed by atoms with Crippen LogP contribution in [0.2, 0.25) is 0 Å². The summed E-state index contributed by atoms with van der Waals surface area (Å²) in [7, 11) is 0. The molecule has 4 aromatic rings. The first-order valence-electron chi connectivity index (χ1n) is 8.05. The Hall–Kier alpha value is -2.53. The fraction of sp³-hybridized carbons (Fsp3) is 0. The van der Waals surface area contributed by atoms with E-state index in [0.717, 1.165) is 37.0 Å². The standard InChI is InChI=1S/C22H15IN2/c23-20-13-7-12-18-14-19(15-24-22(18)20)25-21(16-8-3-1-4-9-16)17-10-5-2-6-11-17/h1-15H. The number of fused-ring (bicyclic) bond motifs is 1. The van der Waals surface area contributed by atoms with Crippen LogP contribution in [0.4, 0.5) is 5.69 Å². The molecule has 0 aliphatic carbocycles. The molecule has 0 saturated carbocycles. The fourth-order valence-electron chi connectivity index (χ4n) is 2.79. The monoisotopic (exact) mass is 434 g/mol. The zero-order valence-corrected chi connectivity index (χ0v) is 15.6. The maximum Gasteiger partial charge on any atom is 0.0836 e. The summed E-state index contributed by atoms with van der Waals surface area (Å²) in [5.41, 5.74) is 5.01. The quantitative estimate of drug-likeness (QED) is 0.287. The molecule has 3 aromatic carbocycles. The van der Waals surface area contributed by atoms with Crippen LogP contribution in [0.25, 0.3) is 10.9 Å². The summed E-state index contributed by atoms with van der Waals surface area (Å²) in [6.07, 6.45) is 1.84. The zero-order valence-electron chi connectivity index (χ0n) is 13.4. The Morgan fingerprint density at radius 1 is 0.760 bits per heavy atom. The minimum absolute atomic E-state index is 0.859. The SMILES string of the molecule is Ic1cccc2cc(N=C(c3ccccc3)c3ccccc3)cnc12. The molecule has 3 heteroatoms. The average Bonchev–Trinajstić information content (AvgIpc) is 2.68. The van der Waals surface area contributed by atoms with Crippen molar-refractivity contribution in [2.24, 2.45) is 4.99 Å². The number of hydrogen-bond acceptors (Lipinski definition) is 2. The molecule has 1 heterocycles. The van der Waals surface area contributed by atoms with Gasteiger partial charge >= 0.3 is 0 Å². The van der Waals surface area contributed by atoms with E-state index in [0.29, 0.717) is 0 Å². The number of rotatable bonds is 3. The number of nitrogens with zero attached hydrogens (tertiary/aromatic N) is 2. The molecule has 25 heavy (non-hydrogen) atoms. The molecule has 0 radical (unpaired) electrons. The third-order valence-corrected chi connectivity index (χ3v) is 4.85. The summed E-state index contributed by atoms with van der Waals surface area (Å²) >= 11 is 2.32. The van der Waals surface area contributed by atoms with E-state index in [1.165, 1.54) is 0 Å². The van der Waals surface area contributed by atoms with E-state index in [2.05, 4.69) is 76.1 Å². The van der Waals surface area contributed by atoms with Crippen molar-refractivity contribution in [2.75, 3.05) is 0 Å². The van der Waals surface area contributed by atoms with Gasteiger partial charge in [-0.3, -0.25) is 4.98 Å². The number of aliphatic imine (C=N–C) groups is 1. The van der Waals surface area contributed by atoms with Crippen molar-refractivity contribution in [2.45, 2.75) is 0 Å². The van der Waals surface area contributed by atoms with Crippen LogP contribution in [0.15, 0.2) is 96.1 Å². The zero-order chi connectivity index (χ0) is 17.1. The van der Waals surface area contributed by atoms with Crippen molar-refractivity contribution in [3.8, 4) is 0 Å². The lowest BCUT2D eigenvalue weighted by Gasteiger charge is -2.08. The highest BCUT2D eigenvalue weighted by Gasteiger charge is 2.08. The van der Waals surface area contributed by atoms with Gasteiger partial charge in [-0.15, -0.1) is 0 Å². The van der Waals surface area contributed by atoms with Crippen LogP contribution in [0, 0.1) is 3.57 Å². The topological polar surface area (TPSA) is 25.2 Å². The molecule has 120 valence electrons. The number of pyridine rings is 1. The van der Waals surface area contributed by atoms with Gasteiger partial charge in [-0.2, -0.15) is 0 Å².